The molecule has 1 amide bonds. The number of amides is 1. The van der Waals surface area contributed by atoms with Gasteiger partial charge >= 0.3 is 0 Å². The van der Waals surface area contributed by atoms with Gasteiger partial charge < -0.3 is 14.5 Å². The summed E-state index contributed by atoms with van der Waals surface area (Å²) in [5.74, 6) is 2.27. The lowest BCUT2D eigenvalue weighted by Gasteiger charge is -2.32. The number of aromatic nitrogens is 4. The number of rotatable bonds is 5. The van der Waals surface area contributed by atoms with Gasteiger partial charge in [-0.2, -0.15) is 9.61 Å². The van der Waals surface area contributed by atoms with Crippen LogP contribution in [0.2, 0.25) is 0 Å². The third-order valence-corrected chi connectivity index (χ3v) is 6.26. The lowest BCUT2D eigenvalue weighted by molar-refractivity contribution is -0.130. The maximum atomic E-state index is 12.1. The Kier molecular flexibility index (Phi) is 4.98. The molecule has 2 aromatic heterocycles. The van der Waals surface area contributed by atoms with Crippen molar-refractivity contribution in [3.05, 3.63) is 23.7 Å². The van der Waals surface area contributed by atoms with Crippen molar-refractivity contribution in [2.24, 2.45) is 0 Å². The molecular weight excluding hydrogens is 356 g/mol. The van der Waals surface area contributed by atoms with Crippen molar-refractivity contribution < 1.29 is 9.53 Å². The summed E-state index contributed by atoms with van der Waals surface area (Å²) in [4.78, 5) is 16.5. The molecule has 2 aliphatic heterocycles. The van der Waals surface area contributed by atoms with E-state index in [1.165, 1.54) is 18.5 Å². The molecule has 2 saturated heterocycles. The van der Waals surface area contributed by atoms with Crippen LogP contribution in [0.25, 0.3) is 5.65 Å². The number of likely N-dealkylation sites (tertiary alicyclic amines) is 1. The van der Waals surface area contributed by atoms with Crippen molar-refractivity contribution in [3.63, 3.8) is 0 Å². The summed E-state index contributed by atoms with van der Waals surface area (Å²) < 4.78 is 7.38. The molecule has 0 atom stereocenters. The minimum absolute atomic E-state index is 0.222. The first-order valence-corrected chi connectivity index (χ1v) is 10.6. The van der Waals surface area contributed by atoms with Crippen molar-refractivity contribution in [3.8, 4) is 0 Å². The van der Waals surface area contributed by atoms with Crippen LogP contribution >= 0.6 is 0 Å². The second kappa shape index (κ2) is 7.75. The Labute approximate surface area is 164 Å². The van der Waals surface area contributed by atoms with Gasteiger partial charge in [-0.3, -0.25) is 4.79 Å². The Balaban J connectivity index is 1.18. The number of hydrogen-bond acceptors (Lipinski definition) is 6. The molecule has 1 aliphatic carbocycles. The SMILES string of the molecule is O=C1CCOCCN1CCN1CCC(c2nnc3ccc(C4CC4)nn23)CC1. The molecule has 8 nitrogen and oxygen atoms in total. The second-order valence-electron chi connectivity index (χ2n) is 8.22. The third kappa shape index (κ3) is 3.75. The maximum absolute atomic E-state index is 12.1. The molecule has 4 heterocycles. The van der Waals surface area contributed by atoms with E-state index in [2.05, 4.69) is 21.2 Å². The Morgan fingerprint density at radius 2 is 1.82 bits per heavy atom. The molecule has 28 heavy (non-hydrogen) atoms. The second-order valence-corrected chi connectivity index (χ2v) is 8.22. The molecule has 3 aliphatic rings. The van der Waals surface area contributed by atoms with Crippen LogP contribution in [-0.4, -0.2) is 81.5 Å². The van der Waals surface area contributed by atoms with Crippen LogP contribution in [0.3, 0.4) is 0 Å². The highest BCUT2D eigenvalue weighted by atomic mass is 16.5. The van der Waals surface area contributed by atoms with Crippen LogP contribution in [0.5, 0.6) is 0 Å². The first kappa shape index (κ1) is 18.0. The van der Waals surface area contributed by atoms with Gasteiger partial charge in [0.15, 0.2) is 11.5 Å². The summed E-state index contributed by atoms with van der Waals surface area (Å²) in [6, 6.07) is 4.15. The highest BCUT2D eigenvalue weighted by molar-refractivity contribution is 5.76. The third-order valence-electron chi connectivity index (χ3n) is 6.26. The largest absolute Gasteiger partial charge is 0.379 e. The maximum Gasteiger partial charge on any atom is 0.225 e. The zero-order chi connectivity index (χ0) is 18.9. The number of carbonyl (C=O) groups is 1. The summed E-state index contributed by atoms with van der Waals surface area (Å²) in [5.41, 5.74) is 2.03. The highest BCUT2D eigenvalue weighted by Crippen LogP contribution is 2.39. The molecule has 2 aromatic rings. The lowest BCUT2D eigenvalue weighted by Crippen LogP contribution is -2.42. The van der Waals surface area contributed by atoms with Crippen molar-refractivity contribution in [1.82, 2.24) is 29.6 Å². The van der Waals surface area contributed by atoms with Crippen molar-refractivity contribution in [2.75, 3.05) is 45.9 Å². The molecule has 150 valence electrons. The topological polar surface area (TPSA) is 75.9 Å². The van der Waals surface area contributed by atoms with Gasteiger partial charge in [-0.1, -0.05) is 0 Å². The molecule has 5 rings (SSSR count). The van der Waals surface area contributed by atoms with Crippen LogP contribution in [0.1, 0.15) is 55.5 Å². The zero-order valence-electron chi connectivity index (χ0n) is 16.3. The van der Waals surface area contributed by atoms with E-state index in [-0.39, 0.29) is 5.91 Å². The minimum atomic E-state index is 0.222. The summed E-state index contributed by atoms with van der Waals surface area (Å²) in [5, 5.41) is 13.6. The average Bonchev–Trinajstić information content (AvgIpc) is 3.52. The van der Waals surface area contributed by atoms with Gasteiger partial charge in [0.25, 0.3) is 0 Å². The fraction of sp³-hybridized carbons (Fsp3) is 0.700. The van der Waals surface area contributed by atoms with Crippen LogP contribution in [0.15, 0.2) is 12.1 Å². The van der Waals surface area contributed by atoms with Gasteiger partial charge in [-0.15, -0.1) is 10.2 Å². The van der Waals surface area contributed by atoms with Gasteiger partial charge in [0.1, 0.15) is 0 Å². The van der Waals surface area contributed by atoms with Crippen LogP contribution in [0, 0.1) is 0 Å². The van der Waals surface area contributed by atoms with E-state index >= 15 is 0 Å². The van der Waals surface area contributed by atoms with Gasteiger partial charge in [0, 0.05) is 31.5 Å². The molecule has 8 heteroatoms. The van der Waals surface area contributed by atoms with Crippen molar-refractivity contribution >= 4 is 11.6 Å². The van der Waals surface area contributed by atoms with Crippen molar-refractivity contribution in [1.29, 1.82) is 0 Å². The molecule has 0 aromatic carbocycles. The van der Waals surface area contributed by atoms with E-state index in [0.29, 0.717) is 31.5 Å². The predicted molar refractivity (Wildman–Crippen MR) is 103 cm³/mol. The van der Waals surface area contributed by atoms with Crippen LogP contribution in [-0.2, 0) is 9.53 Å². The van der Waals surface area contributed by atoms with Crippen LogP contribution < -0.4 is 0 Å². The Bertz CT molecular complexity index is 840. The van der Waals surface area contributed by atoms with E-state index < -0.39 is 0 Å². The number of fused-ring (bicyclic) bond motifs is 1. The Hall–Kier alpha value is -2.06. The molecule has 0 bridgehead atoms. The number of hydrogen-bond donors (Lipinski definition) is 0. The molecule has 0 spiro atoms. The van der Waals surface area contributed by atoms with Gasteiger partial charge in [-0.05, 0) is 50.9 Å². The minimum Gasteiger partial charge on any atom is -0.379 e. The van der Waals surface area contributed by atoms with Gasteiger partial charge in [0.2, 0.25) is 5.91 Å². The van der Waals surface area contributed by atoms with E-state index in [9.17, 15) is 4.79 Å². The summed E-state index contributed by atoms with van der Waals surface area (Å²) in [6.45, 7) is 5.72. The predicted octanol–water partition coefficient (Wildman–Crippen LogP) is 1.43. The van der Waals surface area contributed by atoms with Gasteiger partial charge in [-0.25, -0.2) is 0 Å². The Morgan fingerprint density at radius 1 is 0.964 bits per heavy atom. The smallest absolute Gasteiger partial charge is 0.225 e. The quantitative estimate of drug-likeness (QED) is 0.776. The molecule has 0 radical (unpaired) electrons. The van der Waals surface area contributed by atoms with Crippen LogP contribution in [0.4, 0.5) is 0 Å². The fourth-order valence-corrected chi connectivity index (χ4v) is 4.30. The number of nitrogens with zero attached hydrogens (tertiary/aromatic N) is 6. The summed E-state index contributed by atoms with van der Waals surface area (Å²) >= 11 is 0. The summed E-state index contributed by atoms with van der Waals surface area (Å²) in [7, 11) is 0. The van der Waals surface area contributed by atoms with E-state index in [1.54, 1.807) is 0 Å². The highest BCUT2D eigenvalue weighted by Gasteiger charge is 2.28. The van der Waals surface area contributed by atoms with E-state index in [4.69, 9.17) is 9.84 Å². The molecule has 1 saturated carbocycles. The fourth-order valence-electron chi connectivity index (χ4n) is 4.30. The first-order valence-electron chi connectivity index (χ1n) is 10.6. The van der Waals surface area contributed by atoms with Crippen molar-refractivity contribution in [2.45, 2.75) is 43.9 Å². The first-order chi connectivity index (χ1) is 13.8. The number of carbonyl (C=O) groups excluding carboxylic acids is 1. The Morgan fingerprint density at radius 3 is 2.64 bits per heavy atom. The van der Waals surface area contributed by atoms with Gasteiger partial charge in [0.05, 0.1) is 25.3 Å². The zero-order valence-corrected chi connectivity index (χ0v) is 16.3. The van der Waals surface area contributed by atoms with E-state index in [1.807, 2.05) is 15.5 Å². The normalized spacial score (nSPS) is 22.7. The molecular formula is C20H28N6O2. The standard InChI is InChI=1S/C20H28N6O2/c27-19-7-13-28-14-12-25(19)11-10-24-8-5-16(6-9-24)20-22-21-18-4-3-17(15-1-2-15)23-26(18)20/h3-4,15-16H,1-2,5-14H2. The molecule has 3 fully saturated rings. The average molecular weight is 384 g/mol. The lowest BCUT2D eigenvalue weighted by atomic mass is 9.96. The van der Waals surface area contributed by atoms with E-state index in [0.717, 1.165) is 57.0 Å². The molecule has 0 N–H and O–H groups in total. The summed E-state index contributed by atoms with van der Waals surface area (Å²) in [6.07, 6.45) is 5.14. The number of piperidine rings is 1. The molecule has 0 unspecified atom stereocenters. The monoisotopic (exact) mass is 384 g/mol. The number of ether oxygens (including phenoxy) is 1.